The Labute approximate surface area is 104 Å². The molecular weight excluding hydrogens is 240 g/mol. The molecule has 1 rings (SSSR count). The number of carbonyl (C=O) groups excluding carboxylic acids is 2. The summed E-state index contributed by atoms with van der Waals surface area (Å²) in [6, 6.07) is 1.72. The zero-order valence-electron chi connectivity index (χ0n) is 9.76. The lowest BCUT2D eigenvalue weighted by Crippen LogP contribution is -2.01. The highest BCUT2D eigenvalue weighted by molar-refractivity contribution is 7.12. The van der Waals surface area contributed by atoms with Crippen LogP contribution in [0, 0.1) is 0 Å². The van der Waals surface area contributed by atoms with Gasteiger partial charge >= 0.3 is 11.9 Å². The largest absolute Gasteiger partial charge is 0.466 e. The molecule has 0 radical (unpaired) electrons. The number of esters is 2. The predicted octanol–water partition coefficient (Wildman–Crippen LogP) is 2.50. The number of methoxy groups -OCH3 is 1. The molecule has 0 aromatic carbocycles. The van der Waals surface area contributed by atoms with E-state index in [1.54, 1.807) is 25.1 Å². The van der Waals surface area contributed by atoms with Gasteiger partial charge in [-0.25, -0.2) is 4.79 Å². The molecule has 0 fully saturated rings. The fraction of sp³-hybridized carbons (Fsp3) is 0.333. The zero-order valence-corrected chi connectivity index (χ0v) is 10.6. The van der Waals surface area contributed by atoms with Crippen molar-refractivity contribution in [2.24, 2.45) is 0 Å². The Morgan fingerprint density at radius 1 is 1.47 bits per heavy atom. The van der Waals surface area contributed by atoms with Crippen molar-refractivity contribution < 1.29 is 19.1 Å². The van der Waals surface area contributed by atoms with Gasteiger partial charge in [-0.2, -0.15) is 0 Å². The molecule has 0 saturated heterocycles. The highest BCUT2D eigenvalue weighted by Gasteiger charge is 2.07. The van der Waals surface area contributed by atoms with Gasteiger partial charge in [0, 0.05) is 0 Å². The maximum atomic E-state index is 11.2. The Balaban J connectivity index is 2.51. The number of hydrogen-bond acceptors (Lipinski definition) is 5. The van der Waals surface area contributed by atoms with E-state index in [0.717, 1.165) is 5.56 Å². The molecule has 92 valence electrons. The van der Waals surface area contributed by atoms with Gasteiger partial charge in [-0.1, -0.05) is 12.2 Å². The van der Waals surface area contributed by atoms with Crippen LogP contribution < -0.4 is 0 Å². The maximum Gasteiger partial charge on any atom is 0.348 e. The molecule has 17 heavy (non-hydrogen) atoms. The van der Waals surface area contributed by atoms with E-state index in [1.165, 1.54) is 18.4 Å². The minimum Gasteiger partial charge on any atom is -0.466 e. The summed E-state index contributed by atoms with van der Waals surface area (Å²) in [6.45, 7) is 2.15. The molecule has 0 aliphatic heterocycles. The van der Waals surface area contributed by atoms with Crippen LogP contribution in [0.5, 0.6) is 0 Å². The summed E-state index contributed by atoms with van der Waals surface area (Å²) in [5.74, 6) is -0.604. The van der Waals surface area contributed by atoms with Gasteiger partial charge in [0.05, 0.1) is 20.1 Å². The van der Waals surface area contributed by atoms with Crippen LogP contribution in [0.15, 0.2) is 17.5 Å². The Hall–Kier alpha value is -1.62. The third-order valence-electron chi connectivity index (χ3n) is 1.91. The van der Waals surface area contributed by atoms with E-state index in [4.69, 9.17) is 4.74 Å². The molecule has 1 aromatic rings. The normalized spacial score (nSPS) is 10.5. The van der Waals surface area contributed by atoms with Crippen molar-refractivity contribution in [3.63, 3.8) is 0 Å². The van der Waals surface area contributed by atoms with Gasteiger partial charge in [0.25, 0.3) is 0 Å². The van der Waals surface area contributed by atoms with E-state index < -0.39 is 0 Å². The van der Waals surface area contributed by atoms with Crippen LogP contribution in [0.3, 0.4) is 0 Å². The first-order valence-electron chi connectivity index (χ1n) is 5.16. The molecule has 0 atom stereocenters. The quantitative estimate of drug-likeness (QED) is 0.757. The second kappa shape index (κ2) is 6.85. The average Bonchev–Trinajstić information content (AvgIpc) is 2.77. The monoisotopic (exact) mass is 254 g/mol. The molecule has 0 amide bonds. The Kier molecular flexibility index (Phi) is 5.42. The second-order valence-corrected chi connectivity index (χ2v) is 4.06. The fourth-order valence-electron chi connectivity index (χ4n) is 1.16. The third kappa shape index (κ3) is 4.40. The smallest absolute Gasteiger partial charge is 0.348 e. The summed E-state index contributed by atoms with van der Waals surface area (Å²) in [5, 5.41) is 1.83. The van der Waals surface area contributed by atoms with Gasteiger partial charge in [-0.15, -0.1) is 11.3 Å². The lowest BCUT2D eigenvalue weighted by molar-refractivity contribution is -0.142. The standard InChI is InChI=1S/C12H14O4S/c1-3-16-11(13)6-4-5-9-7-10(17-8-9)12(14)15-2/h4-5,7-8H,3,6H2,1-2H3. The molecule has 0 N–H and O–H groups in total. The van der Waals surface area contributed by atoms with Gasteiger partial charge in [0.1, 0.15) is 4.88 Å². The van der Waals surface area contributed by atoms with Crippen molar-refractivity contribution in [3.05, 3.63) is 28.0 Å². The predicted molar refractivity (Wildman–Crippen MR) is 65.9 cm³/mol. The van der Waals surface area contributed by atoms with Gasteiger partial charge < -0.3 is 9.47 Å². The van der Waals surface area contributed by atoms with Crippen LogP contribution in [0.1, 0.15) is 28.6 Å². The summed E-state index contributed by atoms with van der Waals surface area (Å²) in [4.78, 5) is 22.8. The number of rotatable bonds is 5. The summed E-state index contributed by atoms with van der Waals surface area (Å²) in [7, 11) is 1.35. The van der Waals surface area contributed by atoms with E-state index in [0.29, 0.717) is 11.5 Å². The van der Waals surface area contributed by atoms with Crippen LogP contribution in [-0.4, -0.2) is 25.7 Å². The Morgan fingerprint density at radius 3 is 2.88 bits per heavy atom. The van der Waals surface area contributed by atoms with Crippen molar-refractivity contribution in [2.45, 2.75) is 13.3 Å². The molecular formula is C12H14O4S. The molecule has 0 bridgehead atoms. The first kappa shape index (κ1) is 13.4. The van der Waals surface area contributed by atoms with E-state index in [1.807, 2.05) is 5.38 Å². The summed E-state index contributed by atoms with van der Waals surface area (Å²) >= 11 is 1.31. The van der Waals surface area contributed by atoms with E-state index in [9.17, 15) is 9.59 Å². The molecule has 0 unspecified atom stereocenters. The van der Waals surface area contributed by atoms with Crippen molar-refractivity contribution in [2.75, 3.05) is 13.7 Å². The van der Waals surface area contributed by atoms with E-state index in [-0.39, 0.29) is 18.4 Å². The first-order valence-corrected chi connectivity index (χ1v) is 6.04. The van der Waals surface area contributed by atoms with Gasteiger partial charge in [-0.3, -0.25) is 4.79 Å². The number of carbonyl (C=O) groups is 2. The molecule has 0 saturated carbocycles. The minimum absolute atomic E-state index is 0.233. The molecule has 0 aliphatic carbocycles. The van der Waals surface area contributed by atoms with Gasteiger partial charge in [0.15, 0.2) is 0 Å². The van der Waals surface area contributed by atoms with Crippen molar-refractivity contribution >= 4 is 29.4 Å². The third-order valence-corrected chi connectivity index (χ3v) is 2.83. The highest BCUT2D eigenvalue weighted by Crippen LogP contribution is 2.17. The zero-order chi connectivity index (χ0) is 12.7. The van der Waals surface area contributed by atoms with Crippen LogP contribution >= 0.6 is 11.3 Å². The van der Waals surface area contributed by atoms with Crippen molar-refractivity contribution in [1.82, 2.24) is 0 Å². The van der Waals surface area contributed by atoms with E-state index in [2.05, 4.69) is 4.74 Å². The second-order valence-electron chi connectivity index (χ2n) is 3.15. The molecule has 1 heterocycles. The molecule has 0 spiro atoms. The number of thiophene rings is 1. The van der Waals surface area contributed by atoms with Crippen molar-refractivity contribution in [1.29, 1.82) is 0 Å². The SMILES string of the molecule is CCOC(=O)CC=Cc1csc(C(=O)OC)c1. The number of ether oxygens (including phenoxy) is 2. The Bertz CT molecular complexity index is 420. The lowest BCUT2D eigenvalue weighted by atomic mass is 10.2. The maximum absolute atomic E-state index is 11.2. The Morgan fingerprint density at radius 2 is 2.24 bits per heavy atom. The topological polar surface area (TPSA) is 52.6 Å². The first-order chi connectivity index (χ1) is 8.17. The van der Waals surface area contributed by atoms with Crippen molar-refractivity contribution in [3.8, 4) is 0 Å². The minimum atomic E-state index is -0.347. The summed E-state index contributed by atoms with van der Waals surface area (Å²) in [5.41, 5.74) is 0.875. The molecule has 5 heteroatoms. The fourth-order valence-corrected chi connectivity index (χ4v) is 1.95. The van der Waals surface area contributed by atoms with Gasteiger partial charge in [0.2, 0.25) is 0 Å². The van der Waals surface area contributed by atoms with Crippen LogP contribution in [0.2, 0.25) is 0 Å². The molecule has 1 aromatic heterocycles. The highest BCUT2D eigenvalue weighted by atomic mass is 32.1. The van der Waals surface area contributed by atoms with Crippen LogP contribution in [0.4, 0.5) is 0 Å². The lowest BCUT2D eigenvalue weighted by Gasteiger charge is -1.96. The van der Waals surface area contributed by atoms with Crippen LogP contribution in [-0.2, 0) is 14.3 Å². The summed E-state index contributed by atoms with van der Waals surface area (Å²) < 4.78 is 9.38. The average molecular weight is 254 g/mol. The van der Waals surface area contributed by atoms with Gasteiger partial charge in [-0.05, 0) is 23.9 Å². The summed E-state index contributed by atoms with van der Waals surface area (Å²) in [6.07, 6.45) is 3.72. The molecule has 0 aliphatic rings. The molecule has 4 nitrogen and oxygen atoms in total. The van der Waals surface area contributed by atoms with Crippen LogP contribution in [0.25, 0.3) is 6.08 Å². The van der Waals surface area contributed by atoms with E-state index >= 15 is 0 Å². The number of hydrogen-bond donors (Lipinski definition) is 0.